The maximum Gasteiger partial charge on any atom is 0.0991 e. The highest BCUT2D eigenvalue weighted by Crippen LogP contribution is 2.36. The van der Waals surface area contributed by atoms with Crippen molar-refractivity contribution in [3.63, 3.8) is 0 Å². The van der Waals surface area contributed by atoms with Gasteiger partial charge in [0, 0.05) is 6.04 Å². The number of benzene rings is 1. The fourth-order valence-electron chi connectivity index (χ4n) is 2.34. The van der Waals surface area contributed by atoms with Crippen molar-refractivity contribution in [3.8, 4) is 6.07 Å². The molecule has 1 N–H and O–H groups in total. The molecule has 1 aliphatic heterocycles. The van der Waals surface area contributed by atoms with Crippen molar-refractivity contribution in [1.29, 1.82) is 5.26 Å². The molecule has 0 saturated carbocycles. The first-order chi connectivity index (χ1) is 7.61. The van der Waals surface area contributed by atoms with Gasteiger partial charge in [0.25, 0.3) is 0 Å². The maximum atomic E-state index is 8.76. The van der Waals surface area contributed by atoms with Gasteiger partial charge in [-0.05, 0) is 42.5 Å². The molecule has 84 valence electrons. The second-order valence-electron chi connectivity index (χ2n) is 5.36. The predicted molar refractivity (Wildman–Crippen MR) is 64.9 cm³/mol. The quantitative estimate of drug-likeness (QED) is 0.780. The highest BCUT2D eigenvalue weighted by molar-refractivity contribution is 5.33. The molecule has 1 aromatic carbocycles. The Kier molecular flexibility index (Phi) is 2.98. The fraction of sp³-hybridized carbons (Fsp3) is 0.500. The Balaban J connectivity index is 2.15. The summed E-state index contributed by atoms with van der Waals surface area (Å²) in [6.07, 6.45) is 2.40. The lowest BCUT2D eigenvalue weighted by molar-refractivity contribution is 0.210. The summed E-state index contributed by atoms with van der Waals surface area (Å²) in [4.78, 5) is 0. The number of piperidine rings is 1. The minimum Gasteiger partial charge on any atom is -0.310 e. The van der Waals surface area contributed by atoms with Gasteiger partial charge in [-0.1, -0.05) is 26.0 Å². The van der Waals surface area contributed by atoms with Gasteiger partial charge in [0.2, 0.25) is 0 Å². The van der Waals surface area contributed by atoms with Crippen molar-refractivity contribution in [1.82, 2.24) is 5.32 Å². The molecule has 0 aromatic heterocycles. The van der Waals surface area contributed by atoms with Crippen LogP contribution < -0.4 is 5.32 Å². The number of hydrogen-bond donors (Lipinski definition) is 1. The Labute approximate surface area is 97.3 Å². The zero-order valence-electron chi connectivity index (χ0n) is 9.96. The van der Waals surface area contributed by atoms with Gasteiger partial charge in [0.05, 0.1) is 11.6 Å². The third-order valence-electron chi connectivity index (χ3n) is 3.39. The van der Waals surface area contributed by atoms with E-state index >= 15 is 0 Å². The second kappa shape index (κ2) is 4.27. The van der Waals surface area contributed by atoms with Crippen LogP contribution in [-0.4, -0.2) is 6.54 Å². The van der Waals surface area contributed by atoms with Gasteiger partial charge in [-0.3, -0.25) is 0 Å². The number of nitrogens with zero attached hydrogens (tertiary/aromatic N) is 1. The van der Waals surface area contributed by atoms with Gasteiger partial charge in [0.1, 0.15) is 0 Å². The Morgan fingerprint density at radius 3 is 2.56 bits per heavy atom. The molecule has 0 bridgehead atoms. The number of hydrogen-bond acceptors (Lipinski definition) is 2. The van der Waals surface area contributed by atoms with Gasteiger partial charge >= 0.3 is 0 Å². The topological polar surface area (TPSA) is 35.8 Å². The molecular weight excluding hydrogens is 196 g/mol. The van der Waals surface area contributed by atoms with Gasteiger partial charge in [-0.15, -0.1) is 0 Å². The minimum absolute atomic E-state index is 0.420. The maximum absolute atomic E-state index is 8.76. The van der Waals surface area contributed by atoms with Gasteiger partial charge in [0.15, 0.2) is 0 Å². The fourth-order valence-corrected chi connectivity index (χ4v) is 2.34. The van der Waals surface area contributed by atoms with Gasteiger partial charge in [-0.2, -0.15) is 5.26 Å². The van der Waals surface area contributed by atoms with E-state index in [0.29, 0.717) is 11.5 Å². The Morgan fingerprint density at radius 1 is 1.31 bits per heavy atom. The molecule has 1 heterocycles. The molecule has 0 radical (unpaired) electrons. The molecule has 1 aliphatic rings. The predicted octanol–water partition coefficient (Wildman–Crippen LogP) is 3.01. The first kappa shape index (κ1) is 11.2. The van der Waals surface area contributed by atoms with E-state index in [1.54, 1.807) is 0 Å². The number of nitrogens with one attached hydrogen (secondary N) is 1. The lowest BCUT2D eigenvalue weighted by Crippen LogP contribution is -2.35. The van der Waals surface area contributed by atoms with Crippen LogP contribution >= 0.6 is 0 Å². The SMILES string of the molecule is CC1(C)CCNC(c2ccc(C#N)cc2)C1. The summed E-state index contributed by atoms with van der Waals surface area (Å²) >= 11 is 0. The van der Waals surface area contributed by atoms with Crippen LogP contribution in [0.3, 0.4) is 0 Å². The van der Waals surface area contributed by atoms with Crippen LogP contribution in [-0.2, 0) is 0 Å². The normalized spacial score (nSPS) is 23.7. The summed E-state index contributed by atoms with van der Waals surface area (Å²) in [7, 11) is 0. The van der Waals surface area contributed by atoms with Crippen LogP contribution in [0.2, 0.25) is 0 Å². The zero-order valence-corrected chi connectivity index (χ0v) is 9.96. The monoisotopic (exact) mass is 214 g/mol. The molecule has 2 heteroatoms. The molecule has 1 saturated heterocycles. The molecule has 1 atom stereocenters. The first-order valence-electron chi connectivity index (χ1n) is 5.84. The zero-order chi connectivity index (χ0) is 11.6. The molecular formula is C14H18N2. The van der Waals surface area contributed by atoms with Crippen molar-refractivity contribution in [3.05, 3.63) is 35.4 Å². The van der Waals surface area contributed by atoms with E-state index in [9.17, 15) is 0 Å². The van der Waals surface area contributed by atoms with Crippen molar-refractivity contribution in [2.45, 2.75) is 32.7 Å². The molecule has 2 rings (SSSR count). The van der Waals surface area contributed by atoms with E-state index in [2.05, 4.69) is 37.4 Å². The summed E-state index contributed by atoms with van der Waals surface area (Å²) < 4.78 is 0. The molecule has 1 unspecified atom stereocenters. The summed E-state index contributed by atoms with van der Waals surface area (Å²) in [5.41, 5.74) is 2.45. The summed E-state index contributed by atoms with van der Waals surface area (Å²) in [5, 5.41) is 12.3. The van der Waals surface area contributed by atoms with E-state index < -0.39 is 0 Å². The Bertz CT molecular complexity index is 398. The average Bonchev–Trinajstić information content (AvgIpc) is 2.28. The molecule has 16 heavy (non-hydrogen) atoms. The number of rotatable bonds is 1. The second-order valence-corrected chi connectivity index (χ2v) is 5.36. The van der Waals surface area contributed by atoms with Crippen molar-refractivity contribution < 1.29 is 0 Å². The highest BCUT2D eigenvalue weighted by atomic mass is 14.9. The van der Waals surface area contributed by atoms with Crippen LogP contribution in [0.4, 0.5) is 0 Å². The third kappa shape index (κ3) is 2.43. The molecule has 2 nitrogen and oxygen atoms in total. The highest BCUT2D eigenvalue weighted by Gasteiger charge is 2.28. The largest absolute Gasteiger partial charge is 0.310 e. The lowest BCUT2D eigenvalue weighted by atomic mass is 9.78. The average molecular weight is 214 g/mol. The van der Waals surface area contributed by atoms with E-state index in [1.807, 2.05) is 12.1 Å². The Morgan fingerprint density at radius 2 is 2.00 bits per heavy atom. The standard InChI is InChI=1S/C14H18N2/c1-14(2)7-8-16-13(9-14)12-5-3-11(10-15)4-6-12/h3-6,13,16H,7-9H2,1-2H3. The molecule has 0 aliphatic carbocycles. The molecule has 0 amide bonds. The van der Waals surface area contributed by atoms with E-state index in [4.69, 9.17) is 5.26 Å². The van der Waals surface area contributed by atoms with E-state index in [0.717, 1.165) is 12.1 Å². The molecule has 1 aromatic rings. The van der Waals surface area contributed by atoms with Crippen molar-refractivity contribution >= 4 is 0 Å². The first-order valence-corrected chi connectivity index (χ1v) is 5.84. The van der Waals surface area contributed by atoms with Gasteiger partial charge in [-0.25, -0.2) is 0 Å². The summed E-state index contributed by atoms with van der Waals surface area (Å²) in [6, 6.07) is 10.5. The van der Waals surface area contributed by atoms with Crippen LogP contribution in [0.15, 0.2) is 24.3 Å². The lowest BCUT2D eigenvalue weighted by Gasteiger charge is -2.36. The molecule has 1 fully saturated rings. The van der Waals surface area contributed by atoms with Crippen LogP contribution in [0.1, 0.15) is 43.9 Å². The summed E-state index contributed by atoms with van der Waals surface area (Å²) in [5.74, 6) is 0. The van der Waals surface area contributed by atoms with Crippen LogP contribution in [0.25, 0.3) is 0 Å². The number of nitriles is 1. The molecule has 0 spiro atoms. The van der Waals surface area contributed by atoms with Gasteiger partial charge < -0.3 is 5.32 Å². The van der Waals surface area contributed by atoms with Crippen molar-refractivity contribution in [2.75, 3.05) is 6.54 Å². The minimum atomic E-state index is 0.420. The van der Waals surface area contributed by atoms with Crippen molar-refractivity contribution in [2.24, 2.45) is 5.41 Å². The smallest absolute Gasteiger partial charge is 0.0991 e. The van der Waals surface area contributed by atoms with E-state index in [-0.39, 0.29) is 0 Å². The third-order valence-corrected chi connectivity index (χ3v) is 3.39. The van der Waals surface area contributed by atoms with Crippen LogP contribution in [0, 0.1) is 16.7 Å². The Hall–Kier alpha value is -1.33. The van der Waals surface area contributed by atoms with Crippen LogP contribution in [0.5, 0.6) is 0 Å². The van der Waals surface area contributed by atoms with E-state index in [1.165, 1.54) is 18.4 Å². The summed E-state index contributed by atoms with van der Waals surface area (Å²) in [6.45, 7) is 5.73.